The first-order chi connectivity index (χ1) is 11.3. The first kappa shape index (κ1) is 20.2. The van der Waals surface area contributed by atoms with Crippen molar-refractivity contribution in [2.75, 3.05) is 30.0 Å². The summed E-state index contributed by atoms with van der Waals surface area (Å²) in [5.74, 6) is 1.48. The van der Waals surface area contributed by atoms with E-state index in [1.165, 1.54) is 11.8 Å². The predicted octanol–water partition coefficient (Wildman–Crippen LogP) is 3.28. The van der Waals surface area contributed by atoms with Gasteiger partial charge in [-0.25, -0.2) is 4.79 Å². The second-order valence-electron chi connectivity index (χ2n) is 5.96. The molecule has 7 heteroatoms. The van der Waals surface area contributed by atoms with Gasteiger partial charge < -0.3 is 20.1 Å². The van der Waals surface area contributed by atoms with Gasteiger partial charge in [-0.05, 0) is 39.8 Å². The van der Waals surface area contributed by atoms with Gasteiger partial charge >= 0.3 is 6.09 Å². The lowest BCUT2D eigenvalue weighted by Crippen LogP contribution is -2.33. The Bertz CT molecular complexity index is 544. The fourth-order valence-corrected chi connectivity index (χ4v) is 2.39. The van der Waals surface area contributed by atoms with Crippen molar-refractivity contribution < 1.29 is 19.1 Å². The van der Waals surface area contributed by atoms with Crippen LogP contribution in [0.1, 0.15) is 27.7 Å². The number of nitrogens with one attached hydrogen (secondary N) is 2. The van der Waals surface area contributed by atoms with Crippen molar-refractivity contribution in [3.05, 3.63) is 24.3 Å². The van der Waals surface area contributed by atoms with Gasteiger partial charge in [-0.2, -0.15) is 11.8 Å². The normalized spacial score (nSPS) is 10.8. The third-order valence-corrected chi connectivity index (χ3v) is 3.57. The highest BCUT2D eigenvalue weighted by atomic mass is 32.2. The lowest BCUT2D eigenvalue weighted by atomic mass is 10.2. The monoisotopic (exact) mass is 354 g/mol. The molecule has 0 radical (unpaired) electrons. The predicted molar refractivity (Wildman–Crippen MR) is 97.8 cm³/mol. The molecule has 0 aliphatic rings. The molecular weight excluding hydrogens is 328 g/mol. The number of thioether (sulfide) groups is 1. The fraction of sp³-hybridized carbons (Fsp3) is 0.529. The molecule has 0 saturated heterocycles. The Balaban J connectivity index is 2.24. The van der Waals surface area contributed by atoms with Gasteiger partial charge in [-0.15, -0.1) is 0 Å². The van der Waals surface area contributed by atoms with Crippen molar-refractivity contribution in [1.82, 2.24) is 5.32 Å². The van der Waals surface area contributed by atoms with Crippen LogP contribution in [-0.2, 0) is 9.53 Å². The first-order valence-electron chi connectivity index (χ1n) is 7.88. The summed E-state index contributed by atoms with van der Waals surface area (Å²) >= 11 is 1.44. The molecule has 0 unspecified atom stereocenters. The van der Waals surface area contributed by atoms with Gasteiger partial charge in [0.05, 0.1) is 18.0 Å². The van der Waals surface area contributed by atoms with Crippen molar-refractivity contribution in [2.24, 2.45) is 0 Å². The van der Waals surface area contributed by atoms with E-state index in [9.17, 15) is 9.59 Å². The van der Waals surface area contributed by atoms with Gasteiger partial charge in [0, 0.05) is 12.3 Å². The van der Waals surface area contributed by atoms with Crippen LogP contribution in [0.2, 0.25) is 0 Å². The van der Waals surface area contributed by atoms with Crippen LogP contribution < -0.4 is 15.4 Å². The Labute approximate surface area is 147 Å². The van der Waals surface area contributed by atoms with E-state index in [1.807, 2.05) is 45.9 Å². The second-order valence-corrected chi connectivity index (χ2v) is 7.06. The molecular formula is C17H26N2O4S. The number of carbonyl (C=O) groups is 2. The van der Waals surface area contributed by atoms with E-state index in [1.54, 1.807) is 6.07 Å². The van der Waals surface area contributed by atoms with Crippen LogP contribution in [0.15, 0.2) is 24.3 Å². The summed E-state index contributed by atoms with van der Waals surface area (Å²) in [7, 11) is 0. The molecule has 6 nitrogen and oxygen atoms in total. The van der Waals surface area contributed by atoms with Gasteiger partial charge in [-0.1, -0.05) is 12.1 Å². The van der Waals surface area contributed by atoms with E-state index in [0.717, 1.165) is 0 Å². The van der Waals surface area contributed by atoms with Gasteiger partial charge in [-0.3, -0.25) is 4.79 Å². The number of carbonyl (C=O) groups excluding carboxylic acids is 2. The number of amides is 2. The van der Waals surface area contributed by atoms with Crippen LogP contribution in [0, 0.1) is 0 Å². The number of para-hydroxylation sites is 2. The van der Waals surface area contributed by atoms with Gasteiger partial charge in [0.1, 0.15) is 11.4 Å². The third-order valence-electron chi connectivity index (χ3n) is 2.61. The molecule has 134 valence electrons. The Morgan fingerprint density at radius 2 is 1.92 bits per heavy atom. The maximum Gasteiger partial charge on any atom is 0.407 e. The Morgan fingerprint density at radius 3 is 2.58 bits per heavy atom. The quantitative estimate of drug-likeness (QED) is 0.701. The number of hydrogen-bond acceptors (Lipinski definition) is 5. The molecule has 0 heterocycles. The SMILES string of the molecule is CCOc1ccccc1NC(=O)CSCCNC(=O)OC(C)(C)C. The van der Waals surface area contributed by atoms with E-state index < -0.39 is 11.7 Å². The molecule has 2 N–H and O–H groups in total. The molecule has 0 saturated carbocycles. The van der Waals surface area contributed by atoms with Crippen LogP contribution in [0.25, 0.3) is 0 Å². The molecule has 0 atom stereocenters. The van der Waals surface area contributed by atoms with Crippen molar-refractivity contribution in [3.8, 4) is 5.75 Å². The maximum absolute atomic E-state index is 12.0. The molecule has 0 spiro atoms. The average molecular weight is 354 g/mol. The van der Waals surface area contributed by atoms with Gasteiger partial charge in [0.2, 0.25) is 5.91 Å². The van der Waals surface area contributed by atoms with Crippen molar-refractivity contribution in [2.45, 2.75) is 33.3 Å². The highest BCUT2D eigenvalue weighted by Crippen LogP contribution is 2.23. The number of benzene rings is 1. The largest absolute Gasteiger partial charge is 0.492 e. The number of rotatable bonds is 8. The molecule has 1 aromatic rings. The van der Waals surface area contributed by atoms with Crippen LogP contribution in [-0.4, -0.2) is 42.3 Å². The summed E-state index contributed by atoms with van der Waals surface area (Å²) in [5.41, 5.74) is 0.155. The Hall–Kier alpha value is -1.89. The van der Waals surface area contributed by atoms with Crippen LogP contribution in [0.3, 0.4) is 0 Å². The minimum absolute atomic E-state index is 0.107. The van der Waals surface area contributed by atoms with Gasteiger partial charge in [0.25, 0.3) is 0 Å². The highest BCUT2D eigenvalue weighted by molar-refractivity contribution is 7.99. The number of alkyl carbamates (subject to hydrolysis) is 1. The van der Waals surface area contributed by atoms with Crippen LogP contribution in [0.4, 0.5) is 10.5 Å². The summed E-state index contributed by atoms with van der Waals surface area (Å²) in [4.78, 5) is 23.4. The van der Waals surface area contributed by atoms with E-state index >= 15 is 0 Å². The topological polar surface area (TPSA) is 76.7 Å². The van der Waals surface area contributed by atoms with Crippen molar-refractivity contribution >= 4 is 29.4 Å². The van der Waals surface area contributed by atoms with E-state index in [2.05, 4.69) is 10.6 Å². The molecule has 0 aliphatic carbocycles. The zero-order chi connectivity index (χ0) is 18.0. The first-order valence-corrected chi connectivity index (χ1v) is 9.03. The van der Waals surface area contributed by atoms with E-state index in [-0.39, 0.29) is 5.91 Å². The lowest BCUT2D eigenvalue weighted by molar-refractivity contribution is -0.113. The number of anilines is 1. The highest BCUT2D eigenvalue weighted by Gasteiger charge is 2.15. The number of ether oxygens (including phenoxy) is 2. The Kier molecular flexibility index (Phi) is 8.46. The van der Waals surface area contributed by atoms with Crippen molar-refractivity contribution in [3.63, 3.8) is 0 Å². The molecule has 1 aromatic carbocycles. The molecule has 2 amide bonds. The minimum Gasteiger partial charge on any atom is -0.492 e. The zero-order valence-corrected chi connectivity index (χ0v) is 15.5. The van der Waals surface area contributed by atoms with Gasteiger partial charge in [0.15, 0.2) is 0 Å². The minimum atomic E-state index is -0.509. The summed E-state index contributed by atoms with van der Waals surface area (Å²) in [6, 6.07) is 7.32. The van der Waals surface area contributed by atoms with Crippen LogP contribution in [0.5, 0.6) is 5.75 Å². The molecule has 0 bridgehead atoms. The summed E-state index contributed by atoms with van der Waals surface area (Å²) in [6.45, 7) is 8.32. The fourth-order valence-electron chi connectivity index (χ4n) is 1.74. The smallest absolute Gasteiger partial charge is 0.407 e. The average Bonchev–Trinajstić information content (AvgIpc) is 2.47. The molecule has 0 fully saturated rings. The standard InChI is InChI=1S/C17H26N2O4S/c1-5-22-14-9-7-6-8-13(14)19-15(20)12-24-11-10-18-16(21)23-17(2,3)4/h6-9H,5,10-12H2,1-4H3,(H,18,21)(H,19,20). The molecule has 1 rings (SSSR count). The van der Waals surface area contributed by atoms with E-state index in [4.69, 9.17) is 9.47 Å². The van der Waals surface area contributed by atoms with Crippen LogP contribution >= 0.6 is 11.8 Å². The number of hydrogen-bond donors (Lipinski definition) is 2. The Morgan fingerprint density at radius 1 is 1.21 bits per heavy atom. The molecule has 0 aromatic heterocycles. The molecule has 24 heavy (non-hydrogen) atoms. The zero-order valence-electron chi connectivity index (χ0n) is 14.7. The summed E-state index contributed by atoms with van der Waals surface area (Å²) < 4.78 is 10.6. The van der Waals surface area contributed by atoms with E-state index in [0.29, 0.717) is 36.1 Å². The maximum atomic E-state index is 12.0. The summed E-state index contributed by atoms with van der Waals surface area (Å²) in [5, 5.41) is 5.48. The lowest BCUT2D eigenvalue weighted by Gasteiger charge is -2.19. The second kappa shape index (κ2) is 10.1. The van der Waals surface area contributed by atoms with Crippen molar-refractivity contribution in [1.29, 1.82) is 0 Å². The summed E-state index contributed by atoms with van der Waals surface area (Å²) in [6.07, 6.45) is -0.446. The molecule has 0 aliphatic heterocycles. The third kappa shape index (κ3) is 8.67.